The van der Waals surface area contributed by atoms with Crippen molar-refractivity contribution in [1.29, 1.82) is 0 Å². The van der Waals surface area contributed by atoms with E-state index >= 15 is 0 Å². The number of piperazine rings is 2. The van der Waals surface area contributed by atoms with Crippen molar-refractivity contribution < 1.29 is 14.3 Å². The summed E-state index contributed by atoms with van der Waals surface area (Å²) in [6, 6.07) is 9.66. The van der Waals surface area contributed by atoms with Crippen LogP contribution in [0.25, 0.3) is 11.0 Å². The average molecular weight is 765 g/mol. The van der Waals surface area contributed by atoms with Gasteiger partial charge in [-0.2, -0.15) is 0 Å². The van der Waals surface area contributed by atoms with Crippen LogP contribution in [0.15, 0.2) is 42.9 Å². The molecule has 53 heavy (non-hydrogen) atoms. The third-order valence-corrected chi connectivity index (χ3v) is 13.9. The lowest BCUT2D eigenvalue weighted by Crippen LogP contribution is -2.63. The number of thioether (sulfide) groups is 1. The molecule has 5 aliphatic heterocycles. The molecule has 7 heterocycles. The zero-order valence-electron chi connectivity index (χ0n) is 30.5. The summed E-state index contributed by atoms with van der Waals surface area (Å²) in [7, 11) is 0. The van der Waals surface area contributed by atoms with Crippen molar-refractivity contribution in [2.75, 3.05) is 95.8 Å². The highest BCUT2D eigenvalue weighted by Gasteiger charge is 2.55. The highest BCUT2D eigenvalue weighted by molar-refractivity contribution is 7.99. The number of carbonyl (C=O) groups is 2. The van der Waals surface area contributed by atoms with Gasteiger partial charge in [0, 0.05) is 95.5 Å². The number of aromatic nitrogens is 3. The molecule has 0 radical (unpaired) electrons. The molecule has 6 fully saturated rings. The highest BCUT2D eigenvalue weighted by Crippen LogP contribution is 2.50. The lowest BCUT2D eigenvalue weighted by molar-refractivity contribution is -0.202. The number of anilines is 1. The maximum absolute atomic E-state index is 13.9. The molecule has 1 saturated carbocycles. The number of aromatic amines is 1. The summed E-state index contributed by atoms with van der Waals surface area (Å²) in [5, 5.41) is 8.09. The quantitative estimate of drug-likeness (QED) is 0.214. The largest absolute Gasteiger partial charge is 0.373 e. The number of amides is 2. The monoisotopic (exact) mass is 764 g/mol. The summed E-state index contributed by atoms with van der Waals surface area (Å²) in [6.07, 6.45) is 8.30. The summed E-state index contributed by atoms with van der Waals surface area (Å²) >= 11 is 7.94. The van der Waals surface area contributed by atoms with Crippen LogP contribution >= 0.6 is 23.4 Å². The number of fused-ring (bicyclic) bond motifs is 4. The van der Waals surface area contributed by atoms with Gasteiger partial charge < -0.3 is 35.9 Å². The number of H-pyrrole nitrogens is 1. The first-order valence-corrected chi connectivity index (χ1v) is 20.7. The first kappa shape index (κ1) is 37.0. The Kier molecular flexibility index (Phi) is 10.9. The second kappa shape index (κ2) is 15.6. The van der Waals surface area contributed by atoms with E-state index in [2.05, 4.69) is 45.2 Å². The Morgan fingerprint density at radius 2 is 1.66 bits per heavy atom. The number of piperidine rings is 1. The Hall–Kier alpha value is -2.98. The Morgan fingerprint density at radius 1 is 0.925 bits per heavy atom. The van der Waals surface area contributed by atoms with Crippen molar-refractivity contribution in [3.05, 3.63) is 53.4 Å². The predicted octanol–water partition coefficient (Wildman–Crippen LogP) is 2.84. The second-order valence-corrected chi connectivity index (χ2v) is 17.4. The van der Waals surface area contributed by atoms with Crippen molar-refractivity contribution in [3.8, 4) is 0 Å². The smallest absolute Gasteiger partial charge is 0.241 e. The molecule has 1 aliphatic carbocycles. The van der Waals surface area contributed by atoms with Gasteiger partial charge in [0.05, 0.1) is 28.5 Å². The summed E-state index contributed by atoms with van der Waals surface area (Å²) in [5.41, 5.74) is 7.20. The molecule has 2 aromatic heterocycles. The fourth-order valence-corrected chi connectivity index (χ4v) is 10.2. The van der Waals surface area contributed by atoms with E-state index in [1.807, 2.05) is 36.5 Å². The van der Waals surface area contributed by atoms with Gasteiger partial charge in [0.2, 0.25) is 11.8 Å². The lowest BCUT2D eigenvalue weighted by atomic mass is 9.65. The molecule has 0 spiro atoms. The normalized spacial score (nSPS) is 27.2. The van der Waals surface area contributed by atoms with E-state index in [1.54, 1.807) is 18.1 Å². The number of ether oxygens (including phenoxy) is 1. The Morgan fingerprint density at radius 3 is 2.36 bits per heavy atom. The molecule has 2 amide bonds. The summed E-state index contributed by atoms with van der Waals surface area (Å²) in [6.45, 7) is 11.1. The van der Waals surface area contributed by atoms with Crippen LogP contribution < -0.4 is 21.3 Å². The van der Waals surface area contributed by atoms with Crippen LogP contribution in [-0.2, 0) is 14.3 Å². The van der Waals surface area contributed by atoms with Crippen molar-refractivity contribution in [1.82, 2.24) is 40.3 Å². The minimum absolute atomic E-state index is 0.0737. The fourth-order valence-electron chi connectivity index (χ4n) is 8.91. The zero-order chi connectivity index (χ0) is 36.5. The Balaban J connectivity index is 0.816. The van der Waals surface area contributed by atoms with Crippen molar-refractivity contribution in [3.63, 3.8) is 0 Å². The number of benzene rings is 1. The number of halogens is 1. The van der Waals surface area contributed by atoms with Gasteiger partial charge in [0.25, 0.3) is 0 Å². The summed E-state index contributed by atoms with van der Waals surface area (Å²) in [5.74, 6) is 1.84. The van der Waals surface area contributed by atoms with Crippen LogP contribution in [0.5, 0.6) is 0 Å². The van der Waals surface area contributed by atoms with E-state index < -0.39 is 5.54 Å². The maximum Gasteiger partial charge on any atom is 0.241 e. The average Bonchev–Trinajstić information content (AvgIpc) is 3.69. The van der Waals surface area contributed by atoms with Gasteiger partial charge in [0.1, 0.15) is 23.2 Å². The van der Waals surface area contributed by atoms with Gasteiger partial charge in [-0.25, -0.2) is 9.97 Å². The molecule has 286 valence electrons. The number of nitrogens with two attached hydrogens (primary N) is 1. The number of hydrogen-bond donors (Lipinski definition) is 4. The maximum atomic E-state index is 13.9. The van der Waals surface area contributed by atoms with Crippen molar-refractivity contribution in [2.24, 2.45) is 11.1 Å². The first-order chi connectivity index (χ1) is 25.7. The van der Waals surface area contributed by atoms with Gasteiger partial charge in [0.15, 0.2) is 0 Å². The molecule has 5 N–H and O–H groups in total. The van der Waals surface area contributed by atoms with Crippen LogP contribution in [0.3, 0.4) is 0 Å². The number of rotatable bonds is 11. The van der Waals surface area contributed by atoms with E-state index in [9.17, 15) is 9.59 Å². The van der Waals surface area contributed by atoms with E-state index in [-0.39, 0.29) is 22.3 Å². The fraction of sp³-hybridized carbons (Fsp3) is 0.632. The standard InChI is InChI=1S/C38H53ClN10O3S/c39-29-3-1-28(2-4-29)33(45-34(50)38(40)10-15-48(16-11-38)32-30-5-12-42-31(30)43-27-44-32)53-24-23-46-19-21-49(22-20-46)35(51)36-6-8-37(9-7-36,52-26-36)25-47-17-13-41-14-18-47/h1-5,12,27,33,41H,6-11,13-26,40H2,(H,45,50)(H,42,43,44)/t33-,36?,37?/m0/s1. The molecule has 9 rings (SSSR count). The minimum atomic E-state index is -0.984. The minimum Gasteiger partial charge on any atom is -0.373 e. The number of nitrogens with zero attached hydrogens (tertiary/aromatic N) is 6. The predicted molar refractivity (Wildman–Crippen MR) is 209 cm³/mol. The molecule has 6 aliphatic rings. The van der Waals surface area contributed by atoms with Crippen LogP contribution in [0.4, 0.5) is 5.82 Å². The molecule has 15 heteroatoms. The van der Waals surface area contributed by atoms with Crippen LogP contribution in [0.1, 0.15) is 49.5 Å². The third-order valence-electron chi connectivity index (χ3n) is 12.5. The molecule has 5 saturated heterocycles. The van der Waals surface area contributed by atoms with Gasteiger partial charge >= 0.3 is 0 Å². The Labute approximate surface area is 321 Å². The molecule has 2 bridgehead atoms. The molecule has 1 aromatic carbocycles. The number of nitrogens with one attached hydrogen (secondary N) is 3. The number of carbonyl (C=O) groups excluding carboxylic acids is 2. The molecular formula is C38H53ClN10O3S. The molecule has 13 nitrogen and oxygen atoms in total. The van der Waals surface area contributed by atoms with E-state index in [1.165, 1.54) is 0 Å². The van der Waals surface area contributed by atoms with Crippen molar-refractivity contribution in [2.45, 2.75) is 55.0 Å². The van der Waals surface area contributed by atoms with Gasteiger partial charge in [-0.3, -0.25) is 19.4 Å². The first-order valence-electron chi connectivity index (χ1n) is 19.3. The van der Waals surface area contributed by atoms with Crippen LogP contribution in [-0.4, -0.2) is 144 Å². The van der Waals surface area contributed by atoms with Crippen LogP contribution in [0.2, 0.25) is 5.02 Å². The molecule has 0 unspecified atom stereocenters. The summed E-state index contributed by atoms with van der Waals surface area (Å²) in [4.78, 5) is 49.0. The van der Waals surface area contributed by atoms with Crippen molar-refractivity contribution >= 4 is 52.0 Å². The SMILES string of the molecule is NC1(C(=O)N[C@@H](SCCN2CCN(C(=O)C34CCC(CN5CCNCC5)(CC3)OC4)CC2)c2ccc(Cl)cc2)CCN(c2ncnc3[nH]ccc23)CC1. The van der Waals surface area contributed by atoms with Gasteiger partial charge in [-0.1, -0.05) is 23.7 Å². The second-order valence-electron chi connectivity index (χ2n) is 15.8. The third kappa shape index (κ3) is 7.91. The van der Waals surface area contributed by atoms with Crippen LogP contribution in [0, 0.1) is 5.41 Å². The zero-order valence-corrected chi connectivity index (χ0v) is 32.1. The molecular weight excluding hydrogens is 712 g/mol. The van der Waals surface area contributed by atoms with Gasteiger partial charge in [-0.15, -0.1) is 11.8 Å². The molecule has 1 atom stereocenters. The number of hydrogen-bond acceptors (Lipinski definition) is 11. The topological polar surface area (TPSA) is 148 Å². The van der Waals surface area contributed by atoms with E-state index in [4.69, 9.17) is 22.1 Å². The van der Waals surface area contributed by atoms with E-state index in [0.717, 1.165) is 119 Å². The molecule has 3 aromatic rings. The highest BCUT2D eigenvalue weighted by atomic mass is 35.5. The van der Waals surface area contributed by atoms with E-state index in [0.29, 0.717) is 43.5 Å². The summed E-state index contributed by atoms with van der Waals surface area (Å²) < 4.78 is 6.55. The van der Waals surface area contributed by atoms with Gasteiger partial charge in [-0.05, 0) is 62.3 Å². The Bertz CT molecular complexity index is 1710. The lowest BCUT2D eigenvalue weighted by Gasteiger charge is -2.55.